The molecule has 0 spiro atoms. The summed E-state index contributed by atoms with van der Waals surface area (Å²) in [6.07, 6.45) is -5.68. The number of phenols is 1. The summed E-state index contributed by atoms with van der Waals surface area (Å²) in [5, 5.41) is 24.8. The van der Waals surface area contributed by atoms with Gasteiger partial charge in [-0.3, -0.25) is 13.8 Å². The van der Waals surface area contributed by atoms with Gasteiger partial charge >= 0.3 is 13.8 Å². The number of esters is 1. The lowest BCUT2D eigenvalue weighted by atomic mass is 9.62. The predicted octanol–water partition coefficient (Wildman–Crippen LogP) is 1.19. The van der Waals surface area contributed by atoms with Gasteiger partial charge in [-0.05, 0) is 30.7 Å². The van der Waals surface area contributed by atoms with E-state index in [1.165, 1.54) is 25.1 Å². The second-order valence-electron chi connectivity index (χ2n) is 8.93. The lowest BCUT2D eigenvalue weighted by Gasteiger charge is -2.54. The summed E-state index contributed by atoms with van der Waals surface area (Å²) < 4.78 is 39.1. The Hall–Kier alpha value is -3.15. The molecule has 184 valence electrons. The van der Waals surface area contributed by atoms with Crippen LogP contribution < -0.4 is 14.8 Å². The van der Waals surface area contributed by atoms with Gasteiger partial charge in [0.1, 0.15) is 24.4 Å². The third kappa shape index (κ3) is 3.18. The van der Waals surface area contributed by atoms with Crippen molar-refractivity contribution in [2.24, 2.45) is 0 Å². The van der Waals surface area contributed by atoms with E-state index in [0.717, 1.165) is 0 Å². The fourth-order valence-electron chi connectivity index (χ4n) is 5.42. The van der Waals surface area contributed by atoms with Crippen molar-refractivity contribution in [3.63, 3.8) is 0 Å². The molecule has 3 aliphatic heterocycles. The summed E-state index contributed by atoms with van der Waals surface area (Å²) in [5.74, 6) is -2.88. The van der Waals surface area contributed by atoms with Crippen LogP contribution in [0, 0.1) is 0 Å². The zero-order valence-corrected chi connectivity index (χ0v) is 19.0. The number of aromatic hydroxyl groups is 1. The number of rotatable bonds is 2. The van der Waals surface area contributed by atoms with E-state index >= 15 is 0 Å². The highest BCUT2D eigenvalue weighted by atomic mass is 31.2. The second kappa shape index (κ2) is 7.42. The molecule has 0 bridgehead atoms. The van der Waals surface area contributed by atoms with Crippen LogP contribution >= 0.6 is 7.82 Å². The number of fused-ring (bicyclic) bond motifs is 6. The fourth-order valence-corrected chi connectivity index (χ4v) is 6.64. The van der Waals surface area contributed by atoms with Gasteiger partial charge in [0.15, 0.2) is 11.5 Å². The van der Waals surface area contributed by atoms with Crippen molar-refractivity contribution in [2.45, 2.75) is 42.8 Å². The Balaban J connectivity index is 1.52. The lowest BCUT2D eigenvalue weighted by Crippen LogP contribution is -2.73. The number of phosphoric ester groups is 1. The number of aliphatic hydroxyl groups excluding tert-OH is 1. The van der Waals surface area contributed by atoms with Crippen LogP contribution in [0.15, 0.2) is 36.4 Å². The number of carbonyl (C=O) groups is 2. The minimum absolute atomic E-state index is 0.0186. The number of phosphoric acid groups is 1. The first-order chi connectivity index (χ1) is 16.6. The van der Waals surface area contributed by atoms with Crippen molar-refractivity contribution in [2.75, 3.05) is 6.79 Å². The van der Waals surface area contributed by atoms with Crippen LogP contribution in [0.3, 0.4) is 0 Å². The Morgan fingerprint density at radius 3 is 2.71 bits per heavy atom. The highest BCUT2D eigenvalue weighted by Gasteiger charge is 2.68. The van der Waals surface area contributed by atoms with Crippen molar-refractivity contribution in [1.82, 2.24) is 5.32 Å². The molecule has 2 fully saturated rings. The topological polar surface area (TPSA) is 170 Å². The van der Waals surface area contributed by atoms with E-state index in [1.54, 1.807) is 18.2 Å². The van der Waals surface area contributed by atoms with Crippen LogP contribution in [0.1, 0.15) is 39.1 Å². The fraction of sp³-hybridized carbons (Fsp3) is 0.364. The number of ether oxygens (including phenoxy) is 3. The minimum atomic E-state index is -4.58. The number of carbonyl (C=O) groups excluding carboxylic acids is 2. The third-order valence-electron chi connectivity index (χ3n) is 6.91. The molecule has 12 nitrogen and oxygen atoms in total. The van der Waals surface area contributed by atoms with Gasteiger partial charge in [0.05, 0.1) is 22.6 Å². The smallest absolute Gasteiger partial charge is 0.473 e. The molecular weight excluding hydrogens is 485 g/mol. The number of nitrogens with one attached hydrogen (secondary N) is 1. The number of amides is 1. The first kappa shape index (κ1) is 22.3. The van der Waals surface area contributed by atoms with Gasteiger partial charge in [0, 0.05) is 0 Å². The molecular formula is C22H20NO11P. The number of benzene rings is 2. The molecule has 0 aromatic heterocycles. The lowest BCUT2D eigenvalue weighted by molar-refractivity contribution is -0.137. The van der Waals surface area contributed by atoms with Gasteiger partial charge in [0.25, 0.3) is 5.91 Å². The quantitative estimate of drug-likeness (QED) is 0.341. The van der Waals surface area contributed by atoms with Crippen LogP contribution in [0.2, 0.25) is 0 Å². The van der Waals surface area contributed by atoms with Gasteiger partial charge < -0.3 is 34.6 Å². The van der Waals surface area contributed by atoms with E-state index in [1.807, 2.05) is 0 Å². The van der Waals surface area contributed by atoms with Gasteiger partial charge in [-0.2, -0.15) is 0 Å². The molecule has 1 amide bonds. The highest BCUT2D eigenvalue weighted by molar-refractivity contribution is 7.47. The normalized spacial score (nSPS) is 36.5. The van der Waals surface area contributed by atoms with Crippen molar-refractivity contribution in [3.05, 3.63) is 53.1 Å². The molecule has 1 unspecified atom stereocenters. The Labute approximate surface area is 197 Å². The number of hydrogen-bond donors (Lipinski definition) is 4. The molecule has 3 heterocycles. The van der Waals surface area contributed by atoms with Crippen molar-refractivity contribution >= 4 is 19.7 Å². The standard InChI is InChI=1S/C22H20NO11P/c1-22-13(10-7-11-16(31-8-30-11)14(24)12(10)20(26)23-22)17(32-21(27)9-5-3-2-4-6-9)15(25)18-19(22)34-35(28,29)33-18/h2-7,13,15,17-19,24-25H,8H2,1H3,(H,23,26)(H,28,29)/t13-,15-,17+,18+,19+,22+/m0/s1. The third-order valence-corrected chi connectivity index (χ3v) is 7.91. The molecule has 13 heteroatoms. The maximum atomic E-state index is 13.2. The van der Waals surface area contributed by atoms with Gasteiger partial charge in [-0.25, -0.2) is 9.36 Å². The van der Waals surface area contributed by atoms with Crippen molar-refractivity contribution in [1.29, 1.82) is 0 Å². The van der Waals surface area contributed by atoms with Crippen LogP contribution in [-0.4, -0.2) is 63.7 Å². The summed E-state index contributed by atoms with van der Waals surface area (Å²) in [4.78, 5) is 36.2. The zero-order chi connectivity index (χ0) is 24.7. The SMILES string of the molecule is C[C@@]12NC(=O)c3c(cc4c(c3O)OCO4)[C@H]1[C@@H](OC(=O)c1ccccc1)[C@H](O)[C@H]1OP(=O)(O)O[C@H]12. The van der Waals surface area contributed by atoms with Crippen LogP contribution in [0.4, 0.5) is 0 Å². The Bertz CT molecular complexity index is 1300. The van der Waals surface area contributed by atoms with Crippen molar-refractivity contribution < 1.29 is 52.5 Å². The Kier molecular flexibility index (Phi) is 4.73. The first-order valence-electron chi connectivity index (χ1n) is 10.7. The monoisotopic (exact) mass is 505 g/mol. The highest BCUT2D eigenvalue weighted by Crippen LogP contribution is 2.62. The molecule has 2 aromatic carbocycles. The second-order valence-corrected chi connectivity index (χ2v) is 10.3. The zero-order valence-electron chi connectivity index (χ0n) is 18.1. The van der Waals surface area contributed by atoms with E-state index in [9.17, 15) is 29.3 Å². The van der Waals surface area contributed by atoms with E-state index in [0.29, 0.717) is 0 Å². The summed E-state index contributed by atoms with van der Waals surface area (Å²) in [6, 6.07) is 9.50. The van der Waals surface area contributed by atoms with E-state index < -0.39 is 61.3 Å². The summed E-state index contributed by atoms with van der Waals surface area (Å²) in [7, 11) is -4.58. The molecule has 1 saturated heterocycles. The average molecular weight is 505 g/mol. The van der Waals surface area contributed by atoms with E-state index in [-0.39, 0.29) is 35.0 Å². The summed E-state index contributed by atoms with van der Waals surface area (Å²) in [6.45, 7) is 1.35. The van der Waals surface area contributed by atoms with Crippen molar-refractivity contribution in [3.8, 4) is 17.2 Å². The Morgan fingerprint density at radius 2 is 1.97 bits per heavy atom. The maximum absolute atomic E-state index is 13.2. The molecule has 2 aromatic rings. The van der Waals surface area contributed by atoms with Crippen LogP contribution in [0.25, 0.3) is 0 Å². The molecule has 35 heavy (non-hydrogen) atoms. The molecule has 1 aliphatic carbocycles. The summed E-state index contributed by atoms with van der Waals surface area (Å²) >= 11 is 0. The molecule has 7 atom stereocenters. The van der Waals surface area contributed by atoms with Gasteiger partial charge in [-0.15, -0.1) is 0 Å². The number of aliphatic hydroxyl groups is 1. The van der Waals surface area contributed by atoms with Gasteiger partial charge in [0.2, 0.25) is 12.5 Å². The average Bonchev–Trinajstić information content (AvgIpc) is 3.42. The first-order valence-corrected chi connectivity index (χ1v) is 12.2. The predicted molar refractivity (Wildman–Crippen MR) is 114 cm³/mol. The molecule has 6 rings (SSSR count). The number of hydrogen-bond acceptors (Lipinski definition) is 10. The minimum Gasteiger partial charge on any atom is -0.504 e. The van der Waals surface area contributed by atoms with Gasteiger partial charge in [-0.1, -0.05) is 18.2 Å². The summed E-state index contributed by atoms with van der Waals surface area (Å²) in [5.41, 5.74) is -1.27. The van der Waals surface area contributed by atoms with E-state index in [2.05, 4.69) is 5.32 Å². The molecule has 1 saturated carbocycles. The molecule has 4 N–H and O–H groups in total. The molecule has 0 radical (unpaired) electrons. The Morgan fingerprint density at radius 1 is 1.23 bits per heavy atom. The van der Waals surface area contributed by atoms with Crippen LogP contribution in [0.5, 0.6) is 17.2 Å². The number of phenolic OH excluding ortho intramolecular Hbond substituents is 1. The maximum Gasteiger partial charge on any atom is 0.473 e. The largest absolute Gasteiger partial charge is 0.504 e. The molecule has 4 aliphatic rings. The van der Waals surface area contributed by atoms with E-state index in [4.69, 9.17) is 23.3 Å². The van der Waals surface area contributed by atoms with Crippen LogP contribution in [-0.2, 0) is 18.3 Å².